The van der Waals surface area contributed by atoms with Gasteiger partial charge in [-0.15, -0.1) is 11.3 Å². The summed E-state index contributed by atoms with van der Waals surface area (Å²) in [6.45, 7) is 1.79. The third kappa shape index (κ3) is 3.64. The van der Waals surface area contributed by atoms with Crippen molar-refractivity contribution in [2.24, 2.45) is 10.9 Å². The minimum Gasteiger partial charge on any atom is -0.495 e. The minimum absolute atomic E-state index is 0.0331. The molecular weight excluding hydrogens is 450 g/mol. The van der Waals surface area contributed by atoms with Gasteiger partial charge in [0.15, 0.2) is 0 Å². The van der Waals surface area contributed by atoms with Gasteiger partial charge in [-0.05, 0) is 48.1 Å². The van der Waals surface area contributed by atoms with E-state index in [0.717, 1.165) is 57.9 Å². The number of rotatable bonds is 4. The van der Waals surface area contributed by atoms with E-state index in [1.165, 1.54) is 10.4 Å². The highest BCUT2D eigenvalue weighted by molar-refractivity contribution is 7.19. The average molecular weight is 476 g/mol. The number of ketones is 1. The molecule has 174 valence electrons. The molecular formula is C25H25N5O3S. The van der Waals surface area contributed by atoms with Crippen LogP contribution in [0.25, 0.3) is 10.2 Å². The fourth-order valence-electron chi connectivity index (χ4n) is 5.18. The van der Waals surface area contributed by atoms with Gasteiger partial charge in [-0.2, -0.15) is 0 Å². The van der Waals surface area contributed by atoms with Gasteiger partial charge in [0.1, 0.15) is 28.5 Å². The molecule has 1 fully saturated rings. The molecule has 1 N–H and O–H groups in total. The molecule has 34 heavy (non-hydrogen) atoms. The van der Waals surface area contributed by atoms with Crippen LogP contribution in [0.3, 0.4) is 0 Å². The molecule has 0 radical (unpaired) electrons. The van der Waals surface area contributed by atoms with Gasteiger partial charge in [-0.25, -0.2) is 9.97 Å². The Labute approximate surface area is 201 Å². The largest absolute Gasteiger partial charge is 0.495 e. The Bertz CT molecular complexity index is 1340. The van der Waals surface area contributed by atoms with Gasteiger partial charge in [0.05, 0.1) is 24.7 Å². The number of nitrogens with one attached hydrogen (secondary N) is 1. The monoisotopic (exact) mass is 475 g/mol. The van der Waals surface area contributed by atoms with Gasteiger partial charge < -0.3 is 15.0 Å². The molecule has 1 unspecified atom stereocenters. The fourth-order valence-corrected chi connectivity index (χ4v) is 6.45. The van der Waals surface area contributed by atoms with E-state index in [4.69, 9.17) is 4.74 Å². The van der Waals surface area contributed by atoms with Crippen molar-refractivity contribution in [2.45, 2.75) is 38.6 Å². The van der Waals surface area contributed by atoms with Crippen LogP contribution in [0.2, 0.25) is 0 Å². The van der Waals surface area contributed by atoms with Gasteiger partial charge in [-0.3, -0.25) is 14.6 Å². The second-order valence-electron chi connectivity index (χ2n) is 9.06. The Balaban J connectivity index is 1.29. The molecule has 1 aliphatic carbocycles. The zero-order valence-corrected chi connectivity index (χ0v) is 19.8. The highest BCUT2D eigenvalue weighted by Crippen LogP contribution is 2.42. The lowest BCUT2D eigenvalue weighted by atomic mass is 9.86. The third-order valence-electron chi connectivity index (χ3n) is 7.03. The second kappa shape index (κ2) is 8.47. The maximum Gasteiger partial charge on any atom is 0.226 e. The summed E-state index contributed by atoms with van der Waals surface area (Å²) in [6.07, 6.45) is 6.77. The number of hydrogen-bond donors (Lipinski definition) is 1. The highest BCUT2D eigenvalue weighted by Gasteiger charge is 2.33. The summed E-state index contributed by atoms with van der Waals surface area (Å²) in [6, 6.07) is 4.08. The van der Waals surface area contributed by atoms with Crippen molar-refractivity contribution < 1.29 is 14.3 Å². The number of ether oxygens (including phenoxy) is 1. The molecule has 0 bridgehead atoms. The molecule has 9 heteroatoms. The molecule has 2 aromatic heterocycles. The van der Waals surface area contributed by atoms with Crippen LogP contribution in [-0.2, 0) is 29.0 Å². The summed E-state index contributed by atoms with van der Waals surface area (Å²) < 4.78 is 5.63. The van der Waals surface area contributed by atoms with Crippen LogP contribution < -0.4 is 10.1 Å². The van der Waals surface area contributed by atoms with Crippen LogP contribution in [0.4, 0.5) is 11.5 Å². The number of amides is 1. The first kappa shape index (κ1) is 21.2. The number of anilines is 2. The van der Waals surface area contributed by atoms with E-state index in [1.54, 1.807) is 24.8 Å². The van der Waals surface area contributed by atoms with E-state index in [1.807, 2.05) is 17.2 Å². The number of carbonyl (C=O) groups is 2. The number of nitrogens with zero attached hydrogens (tertiary/aromatic N) is 4. The minimum atomic E-state index is -0.0331. The predicted octanol–water partition coefficient (Wildman–Crippen LogP) is 3.67. The number of aromatic nitrogens is 2. The number of piperidine rings is 1. The maximum absolute atomic E-state index is 13.1. The van der Waals surface area contributed by atoms with E-state index < -0.39 is 0 Å². The quantitative estimate of drug-likeness (QED) is 0.618. The number of aryl methyl sites for hydroxylation is 1. The van der Waals surface area contributed by atoms with Crippen molar-refractivity contribution in [3.8, 4) is 5.75 Å². The van der Waals surface area contributed by atoms with E-state index in [-0.39, 0.29) is 17.6 Å². The van der Waals surface area contributed by atoms with Crippen molar-refractivity contribution in [3.63, 3.8) is 0 Å². The normalized spacial score (nSPS) is 19.3. The van der Waals surface area contributed by atoms with Crippen LogP contribution in [0, 0.1) is 5.92 Å². The third-order valence-corrected chi connectivity index (χ3v) is 8.20. The zero-order chi connectivity index (χ0) is 23.2. The molecule has 1 aromatic carbocycles. The number of hydrogen-bond acceptors (Lipinski definition) is 8. The highest BCUT2D eigenvalue weighted by atomic mass is 32.1. The van der Waals surface area contributed by atoms with Gasteiger partial charge in [0, 0.05) is 42.9 Å². The topological polar surface area (TPSA) is 96.8 Å². The lowest BCUT2D eigenvalue weighted by molar-refractivity contribution is -0.138. The van der Waals surface area contributed by atoms with E-state index in [0.29, 0.717) is 32.5 Å². The smallest absolute Gasteiger partial charge is 0.226 e. The van der Waals surface area contributed by atoms with Gasteiger partial charge >= 0.3 is 0 Å². The molecule has 1 saturated heterocycles. The lowest BCUT2D eigenvalue weighted by Crippen LogP contribution is -2.43. The van der Waals surface area contributed by atoms with E-state index >= 15 is 0 Å². The number of benzene rings is 1. The van der Waals surface area contributed by atoms with Crippen LogP contribution in [0.5, 0.6) is 5.75 Å². The Kier molecular flexibility index (Phi) is 5.28. The predicted molar refractivity (Wildman–Crippen MR) is 131 cm³/mol. The van der Waals surface area contributed by atoms with Gasteiger partial charge in [-0.1, -0.05) is 0 Å². The second-order valence-corrected chi connectivity index (χ2v) is 10.1. The van der Waals surface area contributed by atoms with Crippen molar-refractivity contribution in [1.82, 2.24) is 14.9 Å². The zero-order valence-electron chi connectivity index (χ0n) is 19.0. The molecule has 1 atom stereocenters. The molecule has 2 aliphatic heterocycles. The Morgan fingerprint density at radius 2 is 2.06 bits per heavy atom. The number of carbonyl (C=O) groups excluding carboxylic acids is 2. The standard InChI is InChI=1S/C25H25N5O3S/c1-33-20-9-16-12-26-11-15(16)8-19(20)29-23-22-18-3-2-14(10-21(18)34-24(22)28-13-27-23)25(32)30-6-4-17(31)5-7-30/h8-9,11,13-14H,2-7,10,12H2,1H3,(H,27,28,29). The summed E-state index contributed by atoms with van der Waals surface area (Å²) in [5.74, 6) is 1.92. The molecule has 1 amide bonds. The molecule has 4 heterocycles. The molecule has 3 aliphatic rings. The van der Waals surface area contributed by atoms with Crippen LogP contribution >= 0.6 is 11.3 Å². The summed E-state index contributed by atoms with van der Waals surface area (Å²) in [5.41, 5.74) is 4.32. The number of aliphatic imine (C=N–C) groups is 1. The van der Waals surface area contributed by atoms with Crippen LogP contribution in [-0.4, -0.2) is 53.0 Å². The number of methoxy groups -OCH3 is 1. The molecule has 8 nitrogen and oxygen atoms in total. The first-order valence-electron chi connectivity index (χ1n) is 11.6. The molecule has 0 spiro atoms. The summed E-state index contributed by atoms with van der Waals surface area (Å²) in [5, 5.41) is 4.52. The Morgan fingerprint density at radius 1 is 1.21 bits per heavy atom. The molecule has 0 saturated carbocycles. The van der Waals surface area contributed by atoms with Crippen LogP contribution in [0.1, 0.15) is 40.8 Å². The Morgan fingerprint density at radius 3 is 2.88 bits per heavy atom. The van der Waals surface area contributed by atoms with Crippen LogP contribution in [0.15, 0.2) is 23.5 Å². The van der Waals surface area contributed by atoms with Crippen molar-refractivity contribution in [2.75, 3.05) is 25.5 Å². The molecule has 6 rings (SSSR count). The first-order chi connectivity index (χ1) is 16.6. The average Bonchev–Trinajstić information content (AvgIpc) is 3.47. The fraction of sp³-hybridized carbons (Fsp3) is 0.400. The van der Waals surface area contributed by atoms with E-state index in [2.05, 4.69) is 26.3 Å². The van der Waals surface area contributed by atoms with Crippen molar-refractivity contribution >= 4 is 51.0 Å². The number of thiophene rings is 1. The Hall–Kier alpha value is -3.33. The molecule has 3 aromatic rings. The number of Topliss-reactive ketones (excluding diaryl/α,β-unsaturated/α-hetero) is 1. The number of fused-ring (bicyclic) bond motifs is 4. The van der Waals surface area contributed by atoms with Gasteiger partial charge in [0.25, 0.3) is 0 Å². The summed E-state index contributed by atoms with van der Waals surface area (Å²) in [4.78, 5) is 42.2. The van der Waals surface area contributed by atoms with Crippen molar-refractivity contribution in [3.05, 3.63) is 40.0 Å². The lowest BCUT2D eigenvalue weighted by Gasteiger charge is -2.31. The number of likely N-dealkylation sites (tertiary alicyclic amines) is 1. The van der Waals surface area contributed by atoms with Gasteiger partial charge in [0.2, 0.25) is 5.91 Å². The maximum atomic E-state index is 13.1. The van der Waals surface area contributed by atoms with Crippen molar-refractivity contribution in [1.29, 1.82) is 0 Å². The summed E-state index contributed by atoms with van der Waals surface area (Å²) in [7, 11) is 1.67. The van der Waals surface area contributed by atoms with E-state index in [9.17, 15) is 9.59 Å². The summed E-state index contributed by atoms with van der Waals surface area (Å²) >= 11 is 1.65. The SMILES string of the molecule is COc1cc2c(cc1Nc1ncnc3sc4c(c13)CCC(C(=O)N1CCC(=O)CC1)C4)C=NC2. The first-order valence-corrected chi connectivity index (χ1v) is 12.5.